The molecule has 146 valence electrons. The first-order chi connectivity index (χ1) is 13.7. The van der Waals surface area contributed by atoms with Crippen molar-refractivity contribution in [3.05, 3.63) is 59.2 Å². The molecule has 0 saturated carbocycles. The first-order valence-corrected chi connectivity index (χ1v) is 9.33. The molecule has 2 heterocycles. The zero-order chi connectivity index (χ0) is 19.5. The van der Waals surface area contributed by atoms with Crippen LogP contribution in [0, 0.1) is 0 Å². The lowest BCUT2D eigenvalue weighted by atomic mass is 9.94. The highest BCUT2D eigenvalue weighted by Gasteiger charge is 2.37. The van der Waals surface area contributed by atoms with Gasteiger partial charge in [-0.15, -0.1) is 0 Å². The lowest BCUT2D eigenvalue weighted by Gasteiger charge is -2.30. The van der Waals surface area contributed by atoms with Crippen molar-refractivity contribution in [2.24, 2.45) is 0 Å². The molecule has 1 unspecified atom stereocenters. The summed E-state index contributed by atoms with van der Waals surface area (Å²) in [5, 5.41) is 0. The number of rotatable bonds is 6. The summed E-state index contributed by atoms with van der Waals surface area (Å²) >= 11 is 0. The van der Waals surface area contributed by atoms with Crippen LogP contribution in [-0.2, 0) is 14.3 Å². The molecule has 2 aromatic rings. The molecule has 0 aromatic heterocycles. The van der Waals surface area contributed by atoms with Crippen molar-refractivity contribution in [2.45, 2.75) is 25.9 Å². The third kappa shape index (κ3) is 3.26. The fraction of sp³-hybridized carbons (Fsp3) is 0.318. The minimum absolute atomic E-state index is 0.179. The van der Waals surface area contributed by atoms with Crippen LogP contribution in [-0.4, -0.2) is 26.5 Å². The second-order valence-corrected chi connectivity index (χ2v) is 6.54. The molecule has 2 aliphatic rings. The number of carbonyl (C=O) groups excluding carboxylic acids is 1. The van der Waals surface area contributed by atoms with E-state index in [1.54, 1.807) is 0 Å². The summed E-state index contributed by atoms with van der Waals surface area (Å²) in [5.74, 6) is 1.97. The fourth-order valence-corrected chi connectivity index (χ4v) is 3.30. The van der Waals surface area contributed by atoms with E-state index in [1.807, 2.05) is 42.5 Å². The van der Waals surface area contributed by atoms with Crippen LogP contribution in [0.5, 0.6) is 17.2 Å². The van der Waals surface area contributed by atoms with E-state index < -0.39 is 12.1 Å². The van der Waals surface area contributed by atoms with Crippen molar-refractivity contribution in [1.82, 2.24) is 0 Å². The number of hydrogen-bond acceptors (Lipinski definition) is 6. The number of para-hydroxylation sites is 1. The summed E-state index contributed by atoms with van der Waals surface area (Å²) < 4.78 is 28.2. The molecule has 0 spiro atoms. The van der Waals surface area contributed by atoms with E-state index in [2.05, 4.69) is 6.92 Å². The molecule has 0 aliphatic carbocycles. The largest absolute Gasteiger partial charge is 0.492 e. The van der Waals surface area contributed by atoms with Gasteiger partial charge in [0.1, 0.15) is 17.1 Å². The van der Waals surface area contributed by atoms with E-state index in [0.717, 1.165) is 24.0 Å². The number of methoxy groups -OCH3 is 1. The van der Waals surface area contributed by atoms with Gasteiger partial charge in [0.05, 0.1) is 19.3 Å². The Morgan fingerprint density at radius 1 is 1.11 bits per heavy atom. The Hall–Kier alpha value is -3.15. The summed E-state index contributed by atoms with van der Waals surface area (Å²) in [6.07, 6.45) is 1.20. The fourth-order valence-electron chi connectivity index (χ4n) is 3.30. The summed E-state index contributed by atoms with van der Waals surface area (Å²) in [5.41, 5.74) is 1.85. The third-order valence-electron chi connectivity index (χ3n) is 4.73. The predicted molar refractivity (Wildman–Crippen MR) is 102 cm³/mol. The van der Waals surface area contributed by atoms with Crippen molar-refractivity contribution < 1.29 is 28.5 Å². The van der Waals surface area contributed by atoms with Crippen molar-refractivity contribution in [1.29, 1.82) is 0 Å². The van der Waals surface area contributed by atoms with Crippen LogP contribution in [0.3, 0.4) is 0 Å². The smallest absolute Gasteiger partial charge is 0.341 e. The van der Waals surface area contributed by atoms with E-state index in [1.165, 1.54) is 7.11 Å². The Balaban J connectivity index is 1.83. The SMILES string of the molecule is CCCCOC1=C(C(=O)OC)C(c2ccc3c(c2)OCO3)Oc2ccccc21. The molecule has 6 nitrogen and oxygen atoms in total. The molecule has 6 heteroatoms. The zero-order valence-corrected chi connectivity index (χ0v) is 15.9. The summed E-state index contributed by atoms with van der Waals surface area (Å²) in [6, 6.07) is 13.0. The van der Waals surface area contributed by atoms with Crippen LogP contribution in [0.1, 0.15) is 37.0 Å². The molecule has 0 N–H and O–H groups in total. The second-order valence-electron chi connectivity index (χ2n) is 6.54. The Morgan fingerprint density at radius 2 is 1.93 bits per heavy atom. The van der Waals surface area contributed by atoms with Crippen molar-refractivity contribution >= 4 is 11.7 Å². The number of fused-ring (bicyclic) bond motifs is 2. The van der Waals surface area contributed by atoms with Gasteiger partial charge in [0.15, 0.2) is 17.6 Å². The van der Waals surface area contributed by atoms with Crippen LogP contribution in [0.15, 0.2) is 48.0 Å². The Bertz CT molecular complexity index is 917. The molecule has 0 saturated heterocycles. The molecule has 2 aromatic carbocycles. The Morgan fingerprint density at radius 3 is 2.75 bits per heavy atom. The molecule has 1 atom stereocenters. The lowest BCUT2D eigenvalue weighted by molar-refractivity contribution is -0.137. The van der Waals surface area contributed by atoms with E-state index in [9.17, 15) is 4.79 Å². The van der Waals surface area contributed by atoms with Gasteiger partial charge in [-0.25, -0.2) is 4.79 Å². The molecule has 4 rings (SSSR count). The Labute approximate surface area is 163 Å². The van der Waals surface area contributed by atoms with Gasteiger partial charge in [-0.3, -0.25) is 0 Å². The second kappa shape index (κ2) is 7.84. The lowest BCUT2D eigenvalue weighted by Crippen LogP contribution is -2.24. The normalized spacial score (nSPS) is 17.0. The number of ether oxygens (including phenoxy) is 5. The third-order valence-corrected chi connectivity index (χ3v) is 4.73. The van der Waals surface area contributed by atoms with Crippen LogP contribution < -0.4 is 14.2 Å². The number of benzene rings is 2. The monoisotopic (exact) mass is 382 g/mol. The molecule has 0 bridgehead atoms. The maximum absolute atomic E-state index is 12.7. The number of unbranched alkanes of at least 4 members (excludes halogenated alkanes) is 1. The first-order valence-electron chi connectivity index (χ1n) is 9.33. The predicted octanol–water partition coefficient (Wildman–Crippen LogP) is 4.25. The molecular weight excluding hydrogens is 360 g/mol. The molecule has 0 radical (unpaired) electrons. The van der Waals surface area contributed by atoms with Crippen LogP contribution in [0.25, 0.3) is 5.76 Å². The van der Waals surface area contributed by atoms with Crippen molar-refractivity contribution in [2.75, 3.05) is 20.5 Å². The molecule has 28 heavy (non-hydrogen) atoms. The average molecular weight is 382 g/mol. The van der Waals surface area contributed by atoms with Gasteiger partial charge in [0, 0.05) is 5.56 Å². The van der Waals surface area contributed by atoms with E-state index in [0.29, 0.717) is 35.2 Å². The van der Waals surface area contributed by atoms with Gasteiger partial charge < -0.3 is 23.7 Å². The van der Waals surface area contributed by atoms with Crippen LogP contribution in [0.2, 0.25) is 0 Å². The average Bonchev–Trinajstić information content (AvgIpc) is 3.20. The zero-order valence-electron chi connectivity index (χ0n) is 15.9. The summed E-state index contributed by atoms with van der Waals surface area (Å²) in [6.45, 7) is 2.78. The topological polar surface area (TPSA) is 63.2 Å². The summed E-state index contributed by atoms with van der Waals surface area (Å²) in [4.78, 5) is 12.7. The van der Waals surface area contributed by atoms with Gasteiger partial charge in [0.2, 0.25) is 6.79 Å². The first kappa shape index (κ1) is 18.2. The minimum Gasteiger partial charge on any atom is -0.492 e. The standard InChI is InChI=1S/C22H22O6/c1-3-4-11-25-21-15-7-5-6-8-16(15)28-20(19(21)22(23)24-2)14-9-10-17-18(12-14)27-13-26-17/h5-10,12,20H,3-4,11,13H2,1-2H3. The van der Waals surface area contributed by atoms with Crippen molar-refractivity contribution in [3.63, 3.8) is 0 Å². The highest BCUT2D eigenvalue weighted by atomic mass is 16.7. The quantitative estimate of drug-likeness (QED) is 0.550. The number of carbonyl (C=O) groups is 1. The van der Waals surface area contributed by atoms with Crippen LogP contribution >= 0.6 is 0 Å². The summed E-state index contributed by atoms with van der Waals surface area (Å²) in [7, 11) is 1.36. The van der Waals surface area contributed by atoms with Gasteiger partial charge >= 0.3 is 5.97 Å². The van der Waals surface area contributed by atoms with Crippen LogP contribution in [0.4, 0.5) is 0 Å². The van der Waals surface area contributed by atoms with Gasteiger partial charge in [-0.2, -0.15) is 0 Å². The molecular formula is C22H22O6. The van der Waals surface area contributed by atoms with Gasteiger partial charge in [0.25, 0.3) is 0 Å². The number of esters is 1. The molecule has 0 fully saturated rings. The highest BCUT2D eigenvalue weighted by Crippen LogP contribution is 2.45. The van der Waals surface area contributed by atoms with Gasteiger partial charge in [-0.05, 0) is 30.7 Å². The van der Waals surface area contributed by atoms with E-state index in [-0.39, 0.29) is 6.79 Å². The van der Waals surface area contributed by atoms with Gasteiger partial charge in [-0.1, -0.05) is 31.5 Å². The molecule has 2 aliphatic heterocycles. The highest BCUT2D eigenvalue weighted by molar-refractivity contribution is 5.99. The van der Waals surface area contributed by atoms with Crippen molar-refractivity contribution in [3.8, 4) is 17.2 Å². The minimum atomic E-state index is -0.673. The maximum Gasteiger partial charge on any atom is 0.341 e. The van der Waals surface area contributed by atoms with E-state index in [4.69, 9.17) is 23.7 Å². The maximum atomic E-state index is 12.7. The Kier molecular flexibility index (Phi) is 5.10. The molecule has 0 amide bonds. The number of hydrogen-bond donors (Lipinski definition) is 0. The van der Waals surface area contributed by atoms with E-state index >= 15 is 0 Å².